The third-order valence-electron chi connectivity index (χ3n) is 3.28. The van der Waals surface area contributed by atoms with Crippen molar-refractivity contribution in [3.63, 3.8) is 0 Å². The van der Waals surface area contributed by atoms with Crippen LogP contribution in [-0.2, 0) is 4.74 Å². The van der Waals surface area contributed by atoms with Crippen molar-refractivity contribution < 1.29 is 14.5 Å². The van der Waals surface area contributed by atoms with E-state index in [9.17, 15) is 14.9 Å². The van der Waals surface area contributed by atoms with Gasteiger partial charge in [0.25, 0.3) is 5.69 Å². The number of thiophene rings is 1. The first kappa shape index (κ1) is 17.1. The Morgan fingerprint density at radius 2 is 2.24 bits per heavy atom. The maximum atomic E-state index is 12.1. The Bertz CT molecular complexity index is 975. The number of nitrogens with one attached hydrogen (secondary N) is 1. The summed E-state index contributed by atoms with van der Waals surface area (Å²) in [5.41, 5.74) is 0.655. The summed E-state index contributed by atoms with van der Waals surface area (Å²) in [4.78, 5) is 31.3. The molecular weight excluding hydrogens is 368 g/mol. The Kier molecular flexibility index (Phi) is 4.77. The lowest BCUT2D eigenvalue weighted by Crippen LogP contribution is -2.05. The monoisotopic (exact) mass is 378 g/mol. The van der Waals surface area contributed by atoms with E-state index in [4.69, 9.17) is 16.3 Å². The molecule has 1 N–H and O–H groups in total. The number of ether oxygens (including phenoxy) is 1. The number of aromatic nitrogens is 2. The quantitative estimate of drug-likeness (QED) is 0.403. The topological polar surface area (TPSA) is 107 Å². The number of hydrogen-bond acceptors (Lipinski definition) is 8. The Morgan fingerprint density at radius 1 is 1.44 bits per heavy atom. The molecule has 25 heavy (non-hydrogen) atoms. The van der Waals surface area contributed by atoms with Crippen LogP contribution in [-0.4, -0.2) is 27.5 Å². The summed E-state index contributed by atoms with van der Waals surface area (Å²) in [7, 11) is 0. The standard InChI is InChI=1S/C15H11ClN4O4S/c1-2-24-15(21)9-6-25-14-12(9)13(17-7-18-14)19-11-4-3-8(20(22)23)5-10(11)16/h3-7H,2H2,1H3,(H,17,18,19). The maximum absolute atomic E-state index is 12.1. The lowest BCUT2D eigenvalue weighted by molar-refractivity contribution is -0.384. The predicted molar refractivity (Wildman–Crippen MR) is 94.8 cm³/mol. The normalized spacial score (nSPS) is 10.6. The minimum absolute atomic E-state index is 0.119. The molecule has 0 amide bonds. The van der Waals surface area contributed by atoms with Gasteiger partial charge in [-0.15, -0.1) is 11.3 Å². The van der Waals surface area contributed by atoms with Crippen molar-refractivity contribution in [3.05, 3.63) is 50.6 Å². The first-order chi connectivity index (χ1) is 12.0. The average Bonchev–Trinajstić information content (AvgIpc) is 3.02. The number of nitro benzene ring substituents is 1. The molecule has 0 bridgehead atoms. The number of anilines is 2. The van der Waals surface area contributed by atoms with Crippen LogP contribution < -0.4 is 5.32 Å². The lowest BCUT2D eigenvalue weighted by Gasteiger charge is -2.09. The molecule has 0 radical (unpaired) electrons. The number of hydrogen-bond donors (Lipinski definition) is 1. The molecule has 0 aliphatic carbocycles. The minimum atomic E-state index is -0.531. The van der Waals surface area contributed by atoms with Gasteiger partial charge in [-0.1, -0.05) is 11.6 Å². The van der Waals surface area contributed by atoms with E-state index in [-0.39, 0.29) is 17.3 Å². The van der Waals surface area contributed by atoms with Crippen molar-refractivity contribution in [1.82, 2.24) is 9.97 Å². The predicted octanol–water partition coefficient (Wildman–Crippen LogP) is 4.17. The van der Waals surface area contributed by atoms with Crippen LogP contribution in [0, 0.1) is 10.1 Å². The van der Waals surface area contributed by atoms with E-state index in [0.29, 0.717) is 27.3 Å². The summed E-state index contributed by atoms with van der Waals surface area (Å²) in [5, 5.41) is 16.1. The third kappa shape index (κ3) is 3.37. The molecule has 2 aromatic heterocycles. The van der Waals surface area contributed by atoms with E-state index < -0.39 is 10.9 Å². The summed E-state index contributed by atoms with van der Waals surface area (Å²) >= 11 is 7.39. The van der Waals surface area contributed by atoms with Gasteiger partial charge in [-0.3, -0.25) is 10.1 Å². The molecule has 10 heteroatoms. The van der Waals surface area contributed by atoms with Crippen LogP contribution in [0.15, 0.2) is 29.9 Å². The van der Waals surface area contributed by atoms with Gasteiger partial charge in [0.15, 0.2) is 0 Å². The number of nitro groups is 1. The molecule has 3 rings (SSSR count). The summed E-state index contributed by atoms with van der Waals surface area (Å²) in [6.45, 7) is 1.97. The molecule has 128 valence electrons. The highest BCUT2D eigenvalue weighted by atomic mass is 35.5. The van der Waals surface area contributed by atoms with Crippen LogP contribution in [0.2, 0.25) is 5.02 Å². The van der Waals surface area contributed by atoms with Crippen LogP contribution in [0.4, 0.5) is 17.2 Å². The number of nitrogens with zero attached hydrogens (tertiary/aromatic N) is 3. The van der Waals surface area contributed by atoms with Crippen molar-refractivity contribution in [1.29, 1.82) is 0 Å². The van der Waals surface area contributed by atoms with Crippen LogP contribution in [0.3, 0.4) is 0 Å². The number of carbonyl (C=O) groups excluding carboxylic acids is 1. The molecule has 0 fully saturated rings. The summed E-state index contributed by atoms with van der Waals surface area (Å²) in [6.07, 6.45) is 1.36. The van der Waals surface area contributed by atoms with Gasteiger partial charge in [-0.25, -0.2) is 14.8 Å². The largest absolute Gasteiger partial charge is 0.462 e. The van der Waals surface area contributed by atoms with Gasteiger partial charge in [0.2, 0.25) is 0 Å². The van der Waals surface area contributed by atoms with E-state index in [2.05, 4.69) is 15.3 Å². The summed E-state index contributed by atoms with van der Waals surface area (Å²) < 4.78 is 5.05. The second-order valence-electron chi connectivity index (χ2n) is 4.82. The second kappa shape index (κ2) is 6.99. The zero-order valence-electron chi connectivity index (χ0n) is 12.9. The van der Waals surface area contributed by atoms with E-state index >= 15 is 0 Å². The van der Waals surface area contributed by atoms with Crippen molar-refractivity contribution >= 4 is 56.3 Å². The molecule has 3 aromatic rings. The maximum Gasteiger partial charge on any atom is 0.339 e. The van der Waals surface area contributed by atoms with Crippen LogP contribution in [0.25, 0.3) is 10.2 Å². The number of fused-ring (bicyclic) bond motifs is 1. The van der Waals surface area contributed by atoms with Gasteiger partial charge in [-0.2, -0.15) is 0 Å². The SMILES string of the molecule is CCOC(=O)c1csc2ncnc(Nc3ccc([N+](=O)[O-])cc3Cl)c12. The van der Waals surface area contributed by atoms with Crippen molar-refractivity contribution in [2.24, 2.45) is 0 Å². The van der Waals surface area contributed by atoms with Crippen LogP contribution in [0.5, 0.6) is 0 Å². The van der Waals surface area contributed by atoms with Gasteiger partial charge in [-0.05, 0) is 13.0 Å². The van der Waals surface area contributed by atoms with Crippen molar-refractivity contribution in [2.45, 2.75) is 6.92 Å². The van der Waals surface area contributed by atoms with E-state index in [1.54, 1.807) is 12.3 Å². The highest BCUT2D eigenvalue weighted by molar-refractivity contribution is 7.17. The minimum Gasteiger partial charge on any atom is -0.462 e. The molecule has 1 aromatic carbocycles. The molecule has 0 aliphatic heterocycles. The Labute approximate surface area is 150 Å². The van der Waals surface area contributed by atoms with Gasteiger partial charge < -0.3 is 10.1 Å². The number of non-ortho nitro benzene ring substituents is 1. The van der Waals surface area contributed by atoms with E-state index in [1.165, 1.54) is 35.9 Å². The fourth-order valence-corrected chi connectivity index (χ4v) is 3.27. The molecule has 8 nitrogen and oxygen atoms in total. The van der Waals surface area contributed by atoms with Gasteiger partial charge in [0.05, 0.1) is 33.2 Å². The fraction of sp³-hybridized carbons (Fsp3) is 0.133. The molecule has 0 saturated carbocycles. The summed E-state index contributed by atoms with van der Waals surface area (Å²) in [5.74, 6) is -0.105. The second-order valence-corrected chi connectivity index (χ2v) is 6.08. The number of esters is 1. The average molecular weight is 379 g/mol. The number of halogens is 1. The van der Waals surface area contributed by atoms with Crippen molar-refractivity contribution in [3.8, 4) is 0 Å². The third-order valence-corrected chi connectivity index (χ3v) is 4.48. The number of benzene rings is 1. The van der Waals surface area contributed by atoms with Gasteiger partial charge in [0, 0.05) is 17.5 Å². The molecule has 0 saturated heterocycles. The number of carbonyl (C=O) groups is 1. The zero-order chi connectivity index (χ0) is 18.0. The molecule has 2 heterocycles. The molecule has 0 aliphatic rings. The van der Waals surface area contributed by atoms with E-state index in [1.807, 2.05) is 0 Å². The van der Waals surface area contributed by atoms with Crippen molar-refractivity contribution in [2.75, 3.05) is 11.9 Å². The summed E-state index contributed by atoms with van der Waals surface area (Å²) in [6, 6.07) is 4.04. The van der Waals surface area contributed by atoms with Crippen LogP contribution >= 0.6 is 22.9 Å². The van der Waals surface area contributed by atoms with E-state index in [0.717, 1.165) is 0 Å². The first-order valence-corrected chi connectivity index (χ1v) is 8.37. The molecule has 0 spiro atoms. The zero-order valence-corrected chi connectivity index (χ0v) is 14.4. The smallest absolute Gasteiger partial charge is 0.339 e. The molecular formula is C15H11ClN4O4S. The molecule has 0 unspecified atom stereocenters. The lowest BCUT2D eigenvalue weighted by atomic mass is 10.2. The van der Waals surface area contributed by atoms with Gasteiger partial charge >= 0.3 is 5.97 Å². The fourth-order valence-electron chi connectivity index (χ4n) is 2.18. The first-order valence-electron chi connectivity index (χ1n) is 7.11. The Morgan fingerprint density at radius 3 is 2.92 bits per heavy atom. The molecule has 0 atom stereocenters. The highest BCUT2D eigenvalue weighted by Crippen LogP contribution is 2.34. The Hall–Kier alpha value is -2.78. The highest BCUT2D eigenvalue weighted by Gasteiger charge is 2.19. The number of rotatable bonds is 5. The van der Waals surface area contributed by atoms with Gasteiger partial charge in [0.1, 0.15) is 17.0 Å². The Balaban J connectivity index is 2.03. The van der Waals surface area contributed by atoms with Crippen LogP contribution in [0.1, 0.15) is 17.3 Å².